The first-order valence-corrected chi connectivity index (χ1v) is 11.3. The second kappa shape index (κ2) is 7.55. The highest BCUT2D eigenvalue weighted by Gasteiger charge is 2.30. The maximum Gasteiger partial charge on any atom is 0.243 e. The Morgan fingerprint density at radius 3 is 2.27 bits per heavy atom. The molecule has 1 aliphatic heterocycles. The summed E-state index contributed by atoms with van der Waals surface area (Å²) in [4.78, 5) is 11.2. The Morgan fingerprint density at radius 2 is 1.47 bits per heavy atom. The SMILES string of the molecule is O=S(=O)(c1cccc2ccccc12)N1CCN(c2cc(-n3cccc3)ncn2)CC1. The fourth-order valence-corrected chi connectivity index (χ4v) is 5.49. The third-order valence-electron chi connectivity index (χ3n) is 5.44. The number of hydrogen-bond donors (Lipinski definition) is 0. The van der Waals surface area contributed by atoms with Crippen LogP contribution in [0.4, 0.5) is 5.82 Å². The van der Waals surface area contributed by atoms with Crippen molar-refractivity contribution in [3.63, 3.8) is 0 Å². The van der Waals surface area contributed by atoms with E-state index in [1.807, 2.05) is 65.5 Å². The van der Waals surface area contributed by atoms with Crippen LogP contribution in [-0.2, 0) is 10.0 Å². The number of nitrogens with zero attached hydrogens (tertiary/aromatic N) is 5. The van der Waals surface area contributed by atoms with Crippen LogP contribution in [0.1, 0.15) is 0 Å². The predicted molar refractivity (Wildman–Crippen MR) is 116 cm³/mol. The molecule has 30 heavy (non-hydrogen) atoms. The molecular weight excluding hydrogens is 398 g/mol. The van der Waals surface area contributed by atoms with E-state index in [1.54, 1.807) is 22.8 Å². The monoisotopic (exact) mass is 419 g/mol. The first kappa shape index (κ1) is 18.8. The highest BCUT2D eigenvalue weighted by atomic mass is 32.2. The van der Waals surface area contributed by atoms with Crippen molar-refractivity contribution >= 4 is 26.6 Å². The van der Waals surface area contributed by atoms with Crippen molar-refractivity contribution in [2.45, 2.75) is 4.90 Å². The van der Waals surface area contributed by atoms with Gasteiger partial charge in [0.2, 0.25) is 10.0 Å². The number of rotatable bonds is 4. The average molecular weight is 420 g/mol. The van der Waals surface area contributed by atoms with E-state index in [2.05, 4.69) is 14.9 Å². The number of anilines is 1. The zero-order valence-electron chi connectivity index (χ0n) is 16.3. The van der Waals surface area contributed by atoms with Crippen molar-refractivity contribution < 1.29 is 8.42 Å². The Morgan fingerprint density at radius 1 is 0.767 bits per heavy atom. The zero-order chi connectivity index (χ0) is 20.6. The minimum absolute atomic E-state index is 0.367. The van der Waals surface area contributed by atoms with E-state index in [1.165, 1.54) is 0 Å². The largest absolute Gasteiger partial charge is 0.354 e. The van der Waals surface area contributed by atoms with Crippen LogP contribution >= 0.6 is 0 Å². The average Bonchev–Trinajstić information content (AvgIpc) is 3.34. The standard InChI is InChI=1S/C22H21N5O2S/c28-30(29,20-9-5-7-18-6-1-2-8-19(18)20)27-14-12-26(13-15-27)22-16-21(23-17-24-22)25-10-3-4-11-25/h1-11,16-17H,12-15H2. The molecule has 2 aromatic heterocycles. The molecule has 1 aliphatic rings. The molecule has 0 aliphatic carbocycles. The van der Waals surface area contributed by atoms with Gasteiger partial charge in [0.1, 0.15) is 18.0 Å². The van der Waals surface area contributed by atoms with Gasteiger partial charge in [-0.15, -0.1) is 0 Å². The molecule has 1 saturated heterocycles. The Balaban J connectivity index is 1.36. The molecule has 0 amide bonds. The molecule has 2 aromatic carbocycles. The topological polar surface area (TPSA) is 71.3 Å². The van der Waals surface area contributed by atoms with Gasteiger partial charge < -0.3 is 9.47 Å². The summed E-state index contributed by atoms with van der Waals surface area (Å²) in [5, 5.41) is 1.69. The summed E-state index contributed by atoms with van der Waals surface area (Å²) >= 11 is 0. The molecule has 4 aromatic rings. The summed E-state index contributed by atoms with van der Waals surface area (Å²) < 4.78 is 30.2. The predicted octanol–water partition coefficient (Wildman–Crippen LogP) is 2.93. The van der Waals surface area contributed by atoms with E-state index in [9.17, 15) is 8.42 Å². The first-order valence-electron chi connectivity index (χ1n) is 9.81. The summed E-state index contributed by atoms with van der Waals surface area (Å²) in [6.45, 7) is 1.97. The van der Waals surface area contributed by atoms with Crippen LogP contribution in [-0.4, -0.2) is 53.4 Å². The molecule has 0 saturated carbocycles. The van der Waals surface area contributed by atoms with Gasteiger partial charge in [-0.2, -0.15) is 4.31 Å². The third kappa shape index (κ3) is 3.34. The molecule has 8 heteroatoms. The van der Waals surface area contributed by atoms with E-state index in [0.717, 1.165) is 22.4 Å². The van der Waals surface area contributed by atoms with E-state index < -0.39 is 10.0 Å². The maximum absolute atomic E-state index is 13.3. The molecule has 0 spiro atoms. The highest BCUT2D eigenvalue weighted by Crippen LogP contribution is 2.27. The van der Waals surface area contributed by atoms with Crippen LogP contribution in [0.5, 0.6) is 0 Å². The maximum atomic E-state index is 13.3. The zero-order valence-corrected chi connectivity index (χ0v) is 17.1. The summed E-state index contributed by atoms with van der Waals surface area (Å²) in [5.41, 5.74) is 0. The van der Waals surface area contributed by atoms with Gasteiger partial charge in [-0.1, -0.05) is 36.4 Å². The van der Waals surface area contributed by atoms with Gasteiger partial charge in [0.15, 0.2) is 0 Å². The summed E-state index contributed by atoms with van der Waals surface area (Å²) in [6.07, 6.45) is 5.41. The Hall–Kier alpha value is -3.23. The van der Waals surface area contributed by atoms with Crippen LogP contribution in [0.3, 0.4) is 0 Å². The van der Waals surface area contributed by atoms with Gasteiger partial charge in [-0.3, -0.25) is 0 Å². The van der Waals surface area contributed by atoms with E-state index in [0.29, 0.717) is 31.1 Å². The van der Waals surface area contributed by atoms with Gasteiger partial charge in [0.25, 0.3) is 0 Å². The second-order valence-corrected chi connectivity index (χ2v) is 9.10. The molecular formula is C22H21N5O2S. The molecule has 0 radical (unpaired) electrons. The molecule has 1 fully saturated rings. The molecule has 0 bridgehead atoms. The summed E-state index contributed by atoms with van der Waals surface area (Å²) in [6, 6.07) is 18.8. The number of sulfonamides is 1. The van der Waals surface area contributed by atoms with Crippen molar-refractivity contribution in [1.82, 2.24) is 18.8 Å². The van der Waals surface area contributed by atoms with Gasteiger partial charge in [-0.05, 0) is 23.6 Å². The van der Waals surface area contributed by atoms with Crippen LogP contribution < -0.4 is 4.90 Å². The van der Waals surface area contributed by atoms with Crippen molar-refractivity contribution in [3.05, 3.63) is 79.4 Å². The Bertz CT molecular complexity index is 1270. The lowest BCUT2D eigenvalue weighted by atomic mass is 10.1. The highest BCUT2D eigenvalue weighted by molar-refractivity contribution is 7.89. The number of benzene rings is 2. The molecule has 0 atom stereocenters. The fourth-order valence-electron chi connectivity index (χ4n) is 3.86. The summed E-state index contributed by atoms with van der Waals surface area (Å²) in [5.74, 6) is 1.59. The lowest BCUT2D eigenvalue weighted by molar-refractivity contribution is 0.384. The molecule has 7 nitrogen and oxygen atoms in total. The van der Waals surface area contributed by atoms with Gasteiger partial charge in [0, 0.05) is 50.0 Å². The van der Waals surface area contributed by atoms with E-state index >= 15 is 0 Å². The van der Waals surface area contributed by atoms with Crippen molar-refractivity contribution in [1.29, 1.82) is 0 Å². The number of fused-ring (bicyclic) bond motifs is 1. The molecule has 3 heterocycles. The lowest BCUT2D eigenvalue weighted by Crippen LogP contribution is -2.49. The van der Waals surface area contributed by atoms with Crippen LogP contribution in [0.15, 0.2) is 84.3 Å². The number of aromatic nitrogens is 3. The first-order chi connectivity index (χ1) is 14.6. The van der Waals surface area contributed by atoms with Crippen LogP contribution in [0.25, 0.3) is 16.6 Å². The van der Waals surface area contributed by atoms with Crippen LogP contribution in [0, 0.1) is 0 Å². The molecule has 5 rings (SSSR count). The number of piperazine rings is 1. The second-order valence-electron chi connectivity index (χ2n) is 7.19. The number of hydrogen-bond acceptors (Lipinski definition) is 5. The third-order valence-corrected chi connectivity index (χ3v) is 7.39. The quantitative estimate of drug-likeness (QED) is 0.509. The molecule has 0 unspecified atom stereocenters. The fraction of sp³-hybridized carbons (Fsp3) is 0.182. The molecule has 152 valence electrons. The normalized spacial score (nSPS) is 15.5. The van der Waals surface area contributed by atoms with Crippen molar-refractivity contribution in [2.75, 3.05) is 31.1 Å². The van der Waals surface area contributed by atoms with Crippen molar-refractivity contribution in [2.24, 2.45) is 0 Å². The minimum atomic E-state index is -3.57. The van der Waals surface area contributed by atoms with Crippen molar-refractivity contribution in [3.8, 4) is 5.82 Å². The Labute approximate surface area is 175 Å². The molecule has 0 N–H and O–H groups in total. The van der Waals surface area contributed by atoms with E-state index in [4.69, 9.17) is 0 Å². The summed E-state index contributed by atoms with van der Waals surface area (Å²) in [7, 11) is -3.57. The van der Waals surface area contributed by atoms with Gasteiger partial charge in [-0.25, -0.2) is 18.4 Å². The minimum Gasteiger partial charge on any atom is -0.354 e. The smallest absolute Gasteiger partial charge is 0.243 e. The lowest BCUT2D eigenvalue weighted by Gasteiger charge is -2.34. The van der Waals surface area contributed by atoms with Gasteiger partial charge in [0.05, 0.1) is 4.90 Å². The van der Waals surface area contributed by atoms with Gasteiger partial charge >= 0.3 is 0 Å². The van der Waals surface area contributed by atoms with E-state index in [-0.39, 0.29) is 0 Å². The Kier molecular flexibility index (Phi) is 4.72. The van der Waals surface area contributed by atoms with Crippen LogP contribution in [0.2, 0.25) is 0 Å².